The van der Waals surface area contributed by atoms with Crippen molar-refractivity contribution in [2.45, 2.75) is 38.7 Å². The summed E-state index contributed by atoms with van der Waals surface area (Å²) in [5, 5.41) is 0.377. The van der Waals surface area contributed by atoms with Crippen LogP contribution in [0.1, 0.15) is 33.6 Å². The van der Waals surface area contributed by atoms with Gasteiger partial charge in [0, 0.05) is 0 Å². The Kier molecular flexibility index (Phi) is 4.73. The maximum Gasteiger partial charge on any atom is 0.272 e. The third-order valence-corrected chi connectivity index (χ3v) is 13.1. The molecule has 0 saturated heterocycles. The first-order valence-electron chi connectivity index (χ1n) is 3.38. The van der Waals surface area contributed by atoms with Crippen molar-refractivity contribution in [1.82, 2.24) is 0 Å². The Hall–Kier alpha value is 1.66. The quantitative estimate of drug-likeness (QED) is 0.510. The largest absolute Gasteiger partial charge is 0.272 e. The molecule has 0 aromatic carbocycles. The second-order valence-corrected chi connectivity index (χ2v) is 25.8. The van der Waals surface area contributed by atoms with Gasteiger partial charge in [0.05, 0.1) is 0 Å². The molecule has 0 rings (SSSR count). The molecule has 0 unspecified atom stereocenters. The third-order valence-electron chi connectivity index (χ3n) is 1.64. The minimum atomic E-state index is -1.47. The summed E-state index contributed by atoms with van der Waals surface area (Å²) in [4.78, 5) is 0. The van der Waals surface area contributed by atoms with E-state index in [1.165, 1.54) is 12.8 Å². The standard InChI is InChI=1S/C6H13Br3Si/c1-4-5-6(2,3)10(7,8)9/h4-5H2,1-3H3. The van der Waals surface area contributed by atoms with E-state index in [4.69, 9.17) is 0 Å². The van der Waals surface area contributed by atoms with Crippen LogP contribution in [0.4, 0.5) is 0 Å². The predicted octanol–water partition coefficient (Wildman–Crippen LogP) is 4.69. The molecule has 0 aliphatic rings. The Morgan fingerprint density at radius 3 is 1.70 bits per heavy atom. The van der Waals surface area contributed by atoms with Gasteiger partial charge < -0.3 is 0 Å². The molecule has 0 saturated carbocycles. The van der Waals surface area contributed by atoms with Gasteiger partial charge in [-0.1, -0.05) is 73.1 Å². The van der Waals surface area contributed by atoms with Crippen LogP contribution in [0.2, 0.25) is 5.04 Å². The number of hydrogen-bond donors (Lipinski definition) is 0. The van der Waals surface area contributed by atoms with Crippen LogP contribution in [0.3, 0.4) is 0 Å². The molecule has 0 nitrogen and oxygen atoms in total. The second kappa shape index (κ2) is 4.05. The zero-order chi connectivity index (χ0) is 8.41. The molecule has 0 spiro atoms. The van der Waals surface area contributed by atoms with Crippen LogP contribution in [0.15, 0.2) is 0 Å². The van der Waals surface area contributed by atoms with Crippen molar-refractivity contribution in [1.29, 1.82) is 0 Å². The van der Waals surface area contributed by atoms with E-state index >= 15 is 0 Å². The normalized spacial score (nSPS) is 13.8. The lowest BCUT2D eigenvalue weighted by Crippen LogP contribution is -2.25. The lowest BCUT2D eigenvalue weighted by Gasteiger charge is -2.31. The van der Waals surface area contributed by atoms with E-state index in [1.54, 1.807) is 0 Å². The van der Waals surface area contributed by atoms with Gasteiger partial charge in [-0.15, -0.1) is 0 Å². The van der Waals surface area contributed by atoms with Crippen molar-refractivity contribution in [3.8, 4) is 0 Å². The van der Waals surface area contributed by atoms with Gasteiger partial charge in [0.1, 0.15) is 0 Å². The molecule has 0 aliphatic carbocycles. The highest BCUT2D eigenvalue weighted by Crippen LogP contribution is 2.52. The fraction of sp³-hybridized carbons (Fsp3) is 1.00. The van der Waals surface area contributed by atoms with E-state index in [0.717, 1.165) is 0 Å². The van der Waals surface area contributed by atoms with Crippen molar-refractivity contribution in [3.63, 3.8) is 0 Å². The van der Waals surface area contributed by atoms with Crippen LogP contribution < -0.4 is 0 Å². The summed E-state index contributed by atoms with van der Waals surface area (Å²) in [7, 11) is 0. The molecule has 62 valence electrons. The summed E-state index contributed by atoms with van der Waals surface area (Å²) >= 11 is 11.0. The smallest absolute Gasteiger partial charge is 0.0958 e. The summed E-state index contributed by atoms with van der Waals surface area (Å²) in [6, 6.07) is 0. The topological polar surface area (TPSA) is 0 Å². The minimum absolute atomic E-state index is 0.377. The predicted molar refractivity (Wildman–Crippen MR) is 61.5 cm³/mol. The summed E-state index contributed by atoms with van der Waals surface area (Å²) < 4.78 is -1.47. The van der Waals surface area contributed by atoms with Crippen LogP contribution in [-0.2, 0) is 0 Å². The Bertz CT molecular complexity index is 106. The van der Waals surface area contributed by atoms with E-state index < -0.39 is 3.93 Å². The molecule has 0 heterocycles. The monoisotopic (exact) mass is 350 g/mol. The first kappa shape index (κ1) is 11.7. The van der Waals surface area contributed by atoms with Gasteiger partial charge in [-0.25, -0.2) is 0 Å². The van der Waals surface area contributed by atoms with Crippen molar-refractivity contribution < 1.29 is 0 Å². The molecule has 0 aromatic rings. The highest BCUT2D eigenvalue weighted by molar-refractivity contribution is 9.72. The van der Waals surface area contributed by atoms with E-state index in [2.05, 4.69) is 66.6 Å². The van der Waals surface area contributed by atoms with Crippen molar-refractivity contribution >= 4 is 49.8 Å². The molecule has 4 heteroatoms. The first-order chi connectivity index (χ1) is 4.31. The molecule has 0 N–H and O–H groups in total. The van der Waals surface area contributed by atoms with Crippen LogP contribution in [0.5, 0.6) is 0 Å². The summed E-state index contributed by atoms with van der Waals surface area (Å²) in [5.74, 6) is 0. The zero-order valence-electron chi connectivity index (χ0n) is 6.55. The van der Waals surface area contributed by atoms with Gasteiger partial charge in [0.25, 0.3) is 3.93 Å². The highest BCUT2D eigenvalue weighted by atomic mass is 80.0. The molecule has 0 aliphatic heterocycles. The average molecular weight is 353 g/mol. The van der Waals surface area contributed by atoms with Crippen LogP contribution in [0, 0.1) is 0 Å². The molecule has 0 fully saturated rings. The highest BCUT2D eigenvalue weighted by Gasteiger charge is 2.40. The molecule has 0 radical (unpaired) electrons. The third kappa shape index (κ3) is 3.37. The van der Waals surface area contributed by atoms with E-state index in [-0.39, 0.29) is 0 Å². The van der Waals surface area contributed by atoms with Gasteiger partial charge in [0.15, 0.2) is 0 Å². The van der Waals surface area contributed by atoms with Gasteiger partial charge >= 0.3 is 0 Å². The van der Waals surface area contributed by atoms with E-state index in [1.807, 2.05) is 0 Å². The van der Waals surface area contributed by atoms with Crippen molar-refractivity contribution in [3.05, 3.63) is 0 Å². The Balaban J connectivity index is 4.10. The van der Waals surface area contributed by atoms with Crippen molar-refractivity contribution in [2.75, 3.05) is 0 Å². The fourth-order valence-electron chi connectivity index (χ4n) is 0.767. The molecule has 0 amide bonds. The van der Waals surface area contributed by atoms with Crippen LogP contribution >= 0.6 is 45.9 Å². The van der Waals surface area contributed by atoms with E-state index in [9.17, 15) is 0 Å². The average Bonchev–Trinajstić information content (AvgIpc) is 1.61. The minimum Gasteiger partial charge on any atom is -0.0958 e. The molecule has 0 bridgehead atoms. The first-order valence-corrected chi connectivity index (χ1v) is 12.1. The second-order valence-electron chi connectivity index (χ2n) is 3.13. The fourth-order valence-corrected chi connectivity index (χ4v) is 3.08. The summed E-state index contributed by atoms with van der Waals surface area (Å²) in [6.45, 7) is 6.77. The van der Waals surface area contributed by atoms with Gasteiger partial charge in [0.2, 0.25) is 0 Å². The molecular formula is C6H13Br3Si. The number of hydrogen-bond acceptors (Lipinski definition) is 0. The Morgan fingerprint density at radius 1 is 1.20 bits per heavy atom. The Morgan fingerprint density at radius 2 is 1.60 bits per heavy atom. The van der Waals surface area contributed by atoms with Gasteiger partial charge in [-0.05, 0) is 11.5 Å². The number of rotatable bonds is 3. The van der Waals surface area contributed by atoms with Crippen molar-refractivity contribution in [2.24, 2.45) is 0 Å². The lowest BCUT2D eigenvalue weighted by atomic mass is 10.1. The van der Waals surface area contributed by atoms with Crippen LogP contribution in [-0.4, -0.2) is 3.93 Å². The van der Waals surface area contributed by atoms with Crippen LogP contribution in [0.25, 0.3) is 0 Å². The maximum absolute atomic E-state index is 3.67. The SMILES string of the molecule is CCCC(C)(C)[Si](Br)(Br)Br. The summed E-state index contributed by atoms with van der Waals surface area (Å²) in [5.41, 5.74) is 0. The molecule has 10 heavy (non-hydrogen) atoms. The zero-order valence-corrected chi connectivity index (χ0v) is 12.3. The lowest BCUT2D eigenvalue weighted by molar-refractivity contribution is 0.595. The maximum atomic E-state index is 3.67. The van der Waals surface area contributed by atoms with Gasteiger partial charge in [-0.2, -0.15) is 0 Å². The molecule has 0 aromatic heterocycles. The van der Waals surface area contributed by atoms with E-state index in [0.29, 0.717) is 5.04 Å². The Labute approximate surface area is 87.9 Å². The molecule has 0 atom stereocenters. The van der Waals surface area contributed by atoms with Gasteiger partial charge in [-0.3, -0.25) is 0 Å². The summed E-state index contributed by atoms with van der Waals surface area (Å²) in [6.07, 6.45) is 2.49. The number of halogens is 3. The molecular weight excluding hydrogens is 340 g/mol.